The monoisotopic (exact) mass is 406 g/mol. The molecule has 2 atom stereocenters. The van der Waals surface area contributed by atoms with Crippen LogP contribution in [0.1, 0.15) is 33.6 Å². The quantitative estimate of drug-likeness (QED) is 0.662. The molecule has 1 rings (SSSR count). The minimum atomic E-state index is -0.998. The van der Waals surface area contributed by atoms with Crippen LogP contribution in [0.5, 0.6) is 0 Å². The third kappa shape index (κ3) is 6.57. The van der Waals surface area contributed by atoms with E-state index in [0.717, 1.165) is 0 Å². The molecule has 1 fully saturated rings. The largest absolute Gasteiger partial charge is 0.480 e. The van der Waals surface area contributed by atoms with Gasteiger partial charge in [-0.15, -0.1) is 0 Å². The van der Waals surface area contributed by atoms with E-state index in [-0.39, 0.29) is 19.0 Å². The van der Waals surface area contributed by atoms with Crippen molar-refractivity contribution in [3.63, 3.8) is 0 Å². The maximum absolute atomic E-state index is 13.0. The first-order valence-electron chi connectivity index (χ1n) is 8.63. The molecule has 26 heavy (non-hydrogen) atoms. The minimum absolute atomic E-state index is 0.208. The summed E-state index contributed by atoms with van der Waals surface area (Å²) in [4.78, 5) is 40.1. The summed E-state index contributed by atoms with van der Waals surface area (Å²) < 4.78 is 5.43. The maximum Gasteiger partial charge on any atom is 0.411 e. The standard InChI is InChI=1S/C17H30N2O5S2/c1-17(2,3)24-16(23)19-9-8-18(13(15(21)22)7-11-26-5)14(20)12(19)6-10-25-4/h12-13H,6-11H2,1-5H3,(H,21,22)/t12-,13-/m0/s1. The van der Waals surface area contributed by atoms with E-state index in [2.05, 4.69) is 0 Å². The van der Waals surface area contributed by atoms with Crippen molar-refractivity contribution in [1.29, 1.82) is 0 Å². The average Bonchev–Trinajstić information content (AvgIpc) is 2.53. The van der Waals surface area contributed by atoms with E-state index in [4.69, 9.17) is 4.74 Å². The van der Waals surface area contributed by atoms with Crippen molar-refractivity contribution < 1.29 is 24.2 Å². The molecule has 150 valence electrons. The second-order valence-electron chi connectivity index (χ2n) is 7.14. The summed E-state index contributed by atoms with van der Waals surface area (Å²) in [5, 5.41) is 9.55. The van der Waals surface area contributed by atoms with Crippen LogP contribution in [0.3, 0.4) is 0 Å². The molecule has 9 heteroatoms. The molecule has 1 N–H and O–H groups in total. The van der Waals surface area contributed by atoms with Crippen LogP contribution in [-0.4, -0.2) is 87.7 Å². The molecule has 0 aromatic rings. The number of carboxylic acids is 1. The molecule has 1 aliphatic heterocycles. The topological polar surface area (TPSA) is 87.2 Å². The fraction of sp³-hybridized carbons (Fsp3) is 0.824. The zero-order valence-electron chi connectivity index (χ0n) is 16.2. The van der Waals surface area contributed by atoms with Crippen molar-refractivity contribution in [3.8, 4) is 0 Å². The Kier molecular flexibility index (Phi) is 9.09. The van der Waals surface area contributed by atoms with Crippen molar-refractivity contribution in [2.45, 2.75) is 51.3 Å². The highest BCUT2D eigenvalue weighted by molar-refractivity contribution is 7.98. The van der Waals surface area contributed by atoms with Gasteiger partial charge in [0.25, 0.3) is 0 Å². The van der Waals surface area contributed by atoms with Crippen molar-refractivity contribution in [2.75, 3.05) is 37.1 Å². The third-order valence-electron chi connectivity index (χ3n) is 4.01. The van der Waals surface area contributed by atoms with E-state index < -0.39 is 29.7 Å². The first-order valence-corrected chi connectivity index (χ1v) is 11.4. The zero-order valence-corrected chi connectivity index (χ0v) is 17.8. The molecule has 7 nitrogen and oxygen atoms in total. The summed E-state index contributed by atoms with van der Waals surface area (Å²) in [5.41, 5.74) is -0.650. The average molecular weight is 407 g/mol. The van der Waals surface area contributed by atoms with Crippen LogP contribution in [0.2, 0.25) is 0 Å². The van der Waals surface area contributed by atoms with Crippen molar-refractivity contribution in [1.82, 2.24) is 9.80 Å². The number of aliphatic carboxylic acids is 1. The molecule has 1 heterocycles. The summed E-state index contributed by atoms with van der Waals surface area (Å²) in [6, 6.07) is -1.53. The molecule has 0 spiro atoms. The van der Waals surface area contributed by atoms with Crippen LogP contribution in [0.4, 0.5) is 4.79 Å². The molecular formula is C17H30N2O5S2. The number of carboxylic acid groups (broad SMARTS) is 1. The van der Waals surface area contributed by atoms with Gasteiger partial charge >= 0.3 is 12.1 Å². The smallest absolute Gasteiger partial charge is 0.411 e. The van der Waals surface area contributed by atoms with Gasteiger partial charge in [0.15, 0.2) is 0 Å². The van der Waals surface area contributed by atoms with Gasteiger partial charge in [-0.2, -0.15) is 23.5 Å². The van der Waals surface area contributed by atoms with Gasteiger partial charge in [-0.3, -0.25) is 9.69 Å². The zero-order chi connectivity index (χ0) is 19.9. The number of ether oxygens (including phenoxy) is 1. The van der Waals surface area contributed by atoms with E-state index in [1.807, 2.05) is 12.5 Å². The number of thioether (sulfide) groups is 2. The van der Waals surface area contributed by atoms with E-state index in [0.29, 0.717) is 24.3 Å². The Morgan fingerprint density at radius 3 is 2.35 bits per heavy atom. The number of hydrogen-bond acceptors (Lipinski definition) is 6. The molecule has 0 aliphatic carbocycles. The van der Waals surface area contributed by atoms with Crippen LogP contribution in [0, 0.1) is 0 Å². The first kappa shape index (κ1) is 23.0. The lowest BCUT2D eigenvalue weighted by molar-refractivity contribution is -0.156. The van der Waals surface area contributed by atoms with Crippen molar-refractivity contribution in [3.05, 3.63) is 0 Å². The Bertz CT molecular complexity index is 510. The third-order valence-corrected chi connectivity index (χ3v) is 5.29. The van der Waals surface area contributed by atoms with Crippen molar-refractivity contribution >= 4 is 41.5 Å². The number of nitrogens with zero attached hydrogens (tertiary/aromatic N) is 2. The predicted molar refractivity (Wildman–Crippen MR) is 106 cm³/mol. The Morgan fingerprint density at radius 1 is 1.23 bits per heavy atom. The normalized spacial score (nSPS) is 19.4. The molecular weight excluding hydrogens is 376 g/mol. The molecule has 0 saturated carbocycles. The number of carbonyl (C=O) groups excluding carboxylic acids is 2. The Morgan fingerprint density at radius 2 is 1.85 bits per heavy atom. The molecule has 1 saturated heterocycles. The van der Waals surface area contributed by atoms with Gasteiger partial charge in [0.05, 0.1) is 0 Å². The number of piperazine rings is 1. The molecule has 0 aromatic carbocycles. The van der Waals surface area contributed by atoms with Crippen LogP contribution >= 0.6 is 23.5 Å². The molecule has 0 aromatic heterocycles. The number of carbonyl (C=O) groups is 3. The SMILES string of the molecule is CSCC[C@H]1C(=O)N([C@@H](CCSC)C(=O)O)CCN1C(=O)OC(C)(C)C. The van der Waals surface area contributed by atoms with Crippen LogP contribution in [0.15, 0.2) is 0 Å². The second kappa shape index (κ2) is 10.3. The van der Waals surface area contributed by atoms with E-state index in [1.165, 1.54) is 9.80 Å². The summed E-state index contributed by atoms with van der Waals surface area (Å²) in [6.07, 6.45) is 4.19. The highest BCUT2D eigenvalue weighted by Crippen LogP contribution is 2.23. The Labute approximate surface area is 164 Å². The maximum atomic E-state index is 13.0. The predicted octanol–water partition coefficient (Wildman–Crippen LogP) is 2.39. The highest BCUT2D eigenvalue weighted by atomic mass is 32.2. The summed E-state index contributed by atoms with van der Waals surface area (Å²) in [7, 11) is 0. The van der Waals surface area contributed by atoms with E-state index in [9.17, 15) is 19.5 Å². The number of rotatable bonds is 8. The second-order valence-corrected chi connectivity index (χ2v) is 9.11. The molecule has 0 radical (unpaired) electrons. The lowest BCUT2D eigenvalue weighted by Crippen LogP contribution is -2.62. The van der Waals surface area contributed by atoms with Gasteiger partial charge < -0.3 is 14.7 Å². The number of hydrogen-bond donors (Lipinski definition) is 1. The van der Waals surface area contributed by atoms with Gasteiger partial charge in [0.2, 0.25) is 5.91 Å². The van der Waals surface area contributed by atoms with Gasteiger partial charge in [0, 0.05) is 13.1 Å². The molecule has 0 unspecified atom stereocenters. The highest BCUT2D eigenvalue weighted by Gasteiger charge is 2.42. The number of amides is 2. The molecule has 2 amide bonds. The Hall–Kier alpha value is -1.09. The van der Waals surface area contributed by atoms with Gasteiger partial charge in [-0.1, -0.05) is 0 Å². The summed E-state index contributed by atoms with van der Waals surface area (Å²) >= 11 is 3.13. The van der Waals surface area contributed by atoms with Crippen molar-refractivity contribution in [2.24, 2.45) is 0 Å². The summed E-state index contributed by atoms with van der Waals surface area (Å²) in [6.45, 7) is 5.83. The minimum Gasteiger partial charge on any atom is -0.480 e. The van der Waals surface area contributed by atoms with E-state index >= 15 is 0 Å². The van der Waals surface area contributed by atoms with Gasteiger partial charge in [-0.05, 0) is 57.6 Å². The lowest BCUT2D eigenvalue weighted by Gasteiger charge is -2.42. The van der Waals surface area contributed by atoms with Crippen LogP contribution < -0.4 is 0 Å². The van der Waals surface area contributed by atoms with E-state index in [1.54, 1.807) is 44.3 Å². The fourth-order valence-electron chi connectivity index (χ4n) is 2.81. The van der Waals surface area contributed by atoms with Crippen LogP contribution in [0.25, 0.3) is 0 Å². The Balaban J connectivity index is 2.99. The molecule has 1 aliphatic rings. The van der Waals surface area contributed by atoms with Crippen LogP contribution in [-0.2, 0) is 14.3 Å². The molecule has 0 bridgehead atoms. The fourth-order valence-corrected chi connectivity index (χ4v) is 3.72. The van der Waals surface area contributed by atoms with Gasteiger partial charge in [0.1, 0.15) is 17.7 Å². The van der Waals surface area contributed by atoms with Gasteiger partial charge in [-0.25, -0.2) is 9.59 Å². The lowest BCUT2D eigenvalue weighted by atomic mass is 10.0. The summed E-state index contributed by atoms with van der Waals surface area (Å²) in [5.74, 6) is 0.0596. The first-order chi connectivity index (χ1) is 12.1.